The number of nitrogens with two attached hydrogens (primary N) is 2. The van der Waals surface area contributed by atoms with E-state index in [9.17, 15) is 4.39 Å². The van der Waals surface area contributed by atoms with Gasteiger partial charge in [-0.2, -0.15) is 0 Å². The zero-order chi connectivity index (χ0) is 16.7. The molecule has 0 saturated carbocycles. The van der Waals surface area contributed by atoms with Crippen molar-refractivity contribution in [1.82, 2.24) is 14.4 Å². The van der Waals surface area contributed by atoms with E-state index in [4.69, 9.17) is 11.5 Å². The van der Waals surface area contributed by atoms with Crippen molar-refractivity contribution in [1.29, 1.82) is 0 Å². The molecule has 4 aromatic rings. The highest BCUT2D eigenvalue weighted by Crippen LogP contribution is 2.30. The fourth-order valence-electron chi connectivity index (χ4n) is 2.70. The van der Waals surface area contributed by atoms with Gasteiger partial charge in [-0.05, 0) is 35.9 Å². The van der Waals surface area contributed by atoms with Gasteiger partial charge in [0.2, 0.25) is 0 Å². The first-order chi connectivity index (χ1) is 11.6. The number of nitrogens with zero attached hydrogens (tertiary/aromatic N) is 3. The van der Waals surface area contributed by atoms with E-state index < -0.39 is 0 Å². The Kier molecular flexibility index (Phi) is 3.16. The topological polar surface area (TPSA) is 82.2 Å². The molecule has 0 aliphatic rings. The zero-order valence-electron chi connectivity index (χ0n) is 12.6. The summed E-state index contributed by atoms with van der Waals surface area (Å²) in [7, 11) is 0. The van der Waals surface area contributed by atoms with Gasteiger partial charge in [-0.25, -0.2) is 14.4 Å². The standard InChI is InChI=1S/C18H14FN5/c19-14-3-1-2-11(6-14)15-7-13(8-22-18(15)21)12-4-5-17-23-16(20)10-24(17)9-12/h1-10H,20H2,(H2,21,22). The molecule has 0 amide bonds. The molecule has 0 fully saturated rings. The third kappa shape index (κ3) is 2.44. The van der Waals surface area contributed by atoms with Crippen molar-refractivity contribution in [2.45, 2.75) is 0 Å². The van der Waals surface area contributed by atoms with Gasteiger partial charge >= 0.3 is 0 Å². The number of nitrogen functional groups attached to an aromatic ring is 2. The van der Waals surface area contributed by atoms with Crippen LogP contribution in [0.2, 0.25) is 0 Å². The molecule has 0 spiro atoms. The summed E-state index contributed by atoms with van der Waals surface area (Å²) in [6, 6.07) is 12.0. The van der Waals surface area contributed by atoms with Crippen LogP contribution >= 0.6 is 0 Å². The molecule has 5 nitrogen and oxygen atoms in total. The third-order valence-corrected chi connectivity index (χ3v) is 3.86. The minimum atomic E-state index is -0.312. The summed E-state index contributed by atoms with van der Waals surface area (Å²) >= 11 is 0. The molecule has 118 valence electrons. The Hall–Kier alpha value is -3.41. The number of hydrogen-bond acceptors (Lipinski definition) is 4. The Balaban J connectivity index is 1.84. The maximum absolute atomic E-state index is 13.5. The molecule has 0 saturated heterocycles. The zero-order valence-corrected chi connectivity index (χ0v) is 12.6. The second kappa shape index (κ2) is 5.34. The summed E-state index contributed by atoms with van der Waals surface area (Å²) in [5.74, 6) is 0.507. The summed E-state index contributed by atoms with van der Waals surface area (Å²) in [4.78, 5) is 8.45. The molecule has 24 heavy (non-hydrogen) atoms. The Labute approximate surface area is 137 Å². The highest BCUT2D eigenvalue weighted by molar-refractivity contribution is 5.79. The van der Waals surface area contributed by atoms with Crippen LogP contribution in [0.1, 0.15) is 0 Å². The number of halogens is 1. The number of benzene rings is 1. The average Bonchev–Trinajstić information content (AvgIpc) is 2.94. The normalized spacial score (nSPS) is 11.0. The molecular weight excluding hydrogens is 305 g/mol. The molecule has 3 heterocycles. The summed E-state index contributed by atoms with van der Waals surface area (Å²) in [5, 5.41) is 0. The summed E-state index contributed by atoms with van der Waals surface area (Å²) in [6.45, 7) is 0. The van der Waals surface area contributed by atoms with Gasteiger partial charge < -0.3 is 15.9 Å². The number of imidazole rings is 1. The highest BCUT2D eigenvalue weighted by atomic mass is 19.1. The van der Waals surface area contributed by atoms with Gasteiger partial charge in [0.25, 0.3) is 0 Å². The minimum absolute atomic E-state index is 0.312. The lowest BCUT2D eigenvalue weighted by atomic mass is 10.0. The molecule has 4 rings (SSSR count). The molecule has 0 radical (unpaired) electrons. The number of fused-ring (bicyclic) bond motifs is 1. The van der Waals surface area contributed by atoms with Crippen LogP contribution in [0, 0.1) is 5.82 Å². The number of pyridine rings is 2. The summed E-state index contributed by atoms with van der Waals surface area (Å²) < 4.78 is 15.4. The first-order valence-electron chi connectivity index (χ1n) is 7.36. The number of hydrogen-bond donors (Lipinski definition) is 2. The van der Waals surface area contributed by atoms with Crippen molar-refractivity contribution in [3.63, 3.8) is 0 Å². The Morgan fingerprint density at radius 1 is 0.917 bits per heavy atom. The first kappa shape index (κ1) is 14.2. The Bertz CT molecular complexity index is 1050. The van der Waals surface area contributed by atoms with Gasteiger partial charge in [0, 0.05) is 29.1 Å². The van der Waals surface area contributed by atoms with E-state index >= 15 is 0 Å². The van der Waals surface area contributed by atoms with Gasteiger partial charge in [0.1, 0.15) is 23.1 Å². The van der Waals surface area contributed by atoms with Crippen LogP contribution in [0.15, 0.2) is 61.1 Å². The monoisotopic (exact) mass is 319 g/mol. The van der Waals surface area contributed by atoms with E-state index in [2.05, 4.69) is 9.97 Å². The fraction of sp³-hybridized carbons (Fsp3) is 0. The molecule has 4 N–H and O–H groups in total. The van der Waals surface area contributed by atoms with Crippen LogP contribution in [0.4, 0.5) is 16.0 Å². The lowest BCUT2D eigenvalue weighted by Gasteiger charge is -2.09. The minimum Gasteiger partial charge on any atom is -0.383 e. The maximum Gasteiger partial charge on any atom is 0.142 e. The van der Waals surface area contributed by atoms with E-state index in [0.717, 1.165) is 16.8 Å². The number of rotatable bonds is 2. The van der Waals surface area contributed by atoms with E-state index in [0.29, 0.717) is 22.8 Å². The maximum atomic E-state index is 13.5. The molecule has 0 aliphatic heterocycles. The SMILES string of the molecule is Nc1cn2cc(-c3cnc(N)c(-c4cccc(F)c4)c3)ccc2n1. The predicted octanol–water partition coefficient (Wildman–Crippen LogP) is 3.37. The molecule has 0 bridgehead atoms. The van der Waals surface area contributed by atoms with Crippen LogP contribution in [0.25, 0.3) is 27.9 Å². The van der Waals surface area contributed by atoms with Crippen LogP contribution in [0.5, 0.6) is 0 Å². The van der Waals surface area contributed by atoms with Crippen molar-refractivity contribution < 1.29 is 4.39 Å². The van der Waals surface area contributed by atoms with E-state index in [1.165, 1.54) is 12.1 Å². The molecule has 1 aromatic carbocycles. The van der Waals surface area contributed by atoms with Crippen molar-refractivity contribution in [3.8, 4) is 22.3 Å². The lowest BCUT2D eigenvalue weighted by molar-refractivity contribution is 0.628. The molecule has 3 aromatic heterocycles. The molecule has 0 unspecified atom stereocenters. The number of anilines is 2. The van der Waals surface area contributed by atoms with Crippen molar-refractivity contribution in [2.24, 2.45) is 0 Å². The van der Waals surface area contributed by atoms with Gasteiger partial charge in [-0.15, -0.1) is 0 Å². The third-order valence-electron chi connectivity index (χ3n) is 3.86. The van der Waals surface area contributed by atoms with Gasteiger partial charge in [-0.1, -0.05) is 12.1 Å². The lowest BCUT2D eigenvalue weighted by Crippen LogP contribution is -1.96. The smallest absolute Gasteiger partial charge is 0.142 e. The van der Waals surface area contributed by atoms with E-state index in [1.807, 2.05) is 28.8 Å². The first-order valence-corrected chi connectivity index (χ1v) is 7.36. The van der Waals surface area contributed by atoms with Crippen LogP contribution < -0.4 is 11.5 Å². The van der Waals surface area contributed by atoms with Gasteiger partial charge in [0.05, 0.1) is 6.20 Å². The predicted molar refractivity (Wildman–Crippen MR) is 92.6 cm³/mol. The van der Waals surface area contributed by atoms with Crippen LogP contribution in [-0.4, -0.2) is 14.4 Å². The van der Waals surface area contributed by atoms with Gasteiger partial charge in [0.15, 0.2) is 0 Å². The largest absolute Gasteiger partial charge is 0.383 e. The van der Waals surface area contributed by atoms with E-state index in [1.54, 1.807) is 24.5 Å². The number of aromatic nitrogens is 3. The molecule has 0 atom stereocenters. The summed E-state index contributed by atoms with van der Waals surface area (Å²) in [5.41, 5.74) is 15.7. The van der Waals surface area contributed by atoms with Crippen LogP contribution in [0.3, 0.4) is 0 Å². The molecule has 6 heteroatoms. The van der Waals surface area contributed by atoms with Gasteiger partial charge in [-0.3, -0.25) is 0 Å². The Morgan fingerprint density at radius 3 is 2.62 bits per heavy atom. The second-order valence-corrected chi connectivity index (χ2v) is 5.52. The van der Waals surface area contributed by atoms with Crippen LogP contribution in [-0.2, 0) is 0 Å². The highest BCUT2D eigenvalue weighted by Gasteiger charge is 2.09. The fourth-order valence-corrected chi connectivity index (χ4v) is 2.70. The molecule has 0 aliphatic carbocycles. The summed E-state index contributed by atoms with van der Waals surface area (Å²) in [6.07, 6.45) is 5.36. The van der Waals surface area contributed by atoms with Crippen molar-refractivity contribution in [2.75, 3.05) is 11.5 Å². The second-order valence-electron chi connectivity index (χ2n) is 5.52. The Morgan fingerprint density at radius 2 is 1.79 bits per heavy atom. The van der Waals surface area contributed by atoms with E-state index in [-0.39, 0.29) is 5.82 Å². The quantitative estimate of drug-likeness (QED) is 0.593. The average molecular weight is 319 g/mol. The van der Waals surface area contributed by atoms with Crippen molar-refractivity contribution in [3.05, 3.63) is 66.9 Å². The molecular formula is C18H14FN5. The van der Waals surface area contributed by atoms with Crippen molar-refractivity contribution >= 4 is 17.3 Å².